The molecule has 1 aliphatic rings. The van der Waals surface area contributed by atoms with Crippen LogP contribution < -0.4 is 4.90 Å². The van der Waals surface area contributed by atoms with E-state index in [9.17, 15) is 14.7 Å². The van der Waals surface area contributed by atoms with Crippen molar-refractivity contribution in [3.8, 4) is 0 Å². The molecular formula is C14H17NO3. The number of rotatable bonds is 4. The Morgan fingerprint density at radius 3 is 2.94 bits per heavy atom. The topological polar surface area (TPSA) is 57.6 Å². The maximum Gasteiger partial charge on any atom is 0.326 e. The smallest absolute Gasteiger partial charge is 0.326 e. The number of benzene rings is 1. The summed E-state index contributed by atoms with van der Waals surface area (Å²) < 4.78 is 0. The van der Waals surface area contributed by atoms with Crippen LogP contribution in [0.15, 0.2) is 18.2 Å². The Hall–Kier alpha value is -1.84. The van der Waals surface area contributed by atoms with Gasteiger partial charge in [0, 0.05) is 17.8 Å². The van der Waals surface area contributed by atoms with Gasteiger partial charge in [0.05, 0.1) is 0 Å². The number of carboxylic acids is 1. The highest BCUT2D eigenvalue weighted by Gasteiger charge is 2.31. The minimum atomic E-state index is -0.816. The Kier molecular flexibility index (Phi) is 3.65. The van der Waals surface area contributed by atoms with Crippen molar-refractivity contribution in [3.63, 3.8) is 0 Å². The molecule has 4 nitrogen and oxygen atoms in total. The second kappa shape index (κ2) is 5.21. The molecule has 0 bridgehead atoms. The van der Waals surface area contributed by atoms with Crippen LogP contribution in [-0.2, 0) is 11.2 Å². The predicted octanol–water partition coefficient (Wildman–Crippen LogP) is 2.11. The van der Waals surface area contributed by atoms with Crippen LogP contribution in [-0.4, -0.2) is 29.9 Å². The van der Waals surface area contributed by atoms with Crippen molar-refractivity contribution >= 4 is 17.9 Å². The normalized spacial score (nSPS) is 18.9. The van der Waals surface area contributed by atoms with Crippen LogP contribution in [0, 0.1) is 0 Å². The molecule has 0 amide bonds. The molecule has 0 aromatic heterocycles. The molecule has 2 rings (SSSR count). The van der Waals surface area contributed by atoms with Crippen molar-refractivity contribution < 1.29 is 14.7 Å². The number of carbonyl (C=O) groups is 2. The number of hydrogen-bond donors (Lipinski definition) is 1. The van der Waals surface area contributed by atoms with E-state index in [1.54, 1.807) is 0 Å². The van der Waals surface area contributed by atoms with Crippen molar-refractivity contribution in [2.45, 2.75) is 32.2 Å². The third-order valence-electron chi connectivity index (χ3n) is 3.47. The average Bonchev–Trinajstić information content (AvgIpc) is 2.87. The number of carboxylic acid groups (broad SMARTS) is 1. The molecule has 0 saturated carbocycles. The first-order valence-electron chi connectivity index (χ1n) is 6.25. The van der Waals surface area contributed by atoms with Crippen LogP contribution in [0.25, 0.3) is 0 Å². The summed E-state index contributed by atoms with van der Waals surface area (Å²) >= 11 is 0. The van der Waals surface area contributed by atoms with Crippen LogP contribution in [0.3, 0.4) is 0 Å². The van der Waals surface area contributed by atoms with Crippen LogP contribution >= 0.6 is 0 Å². The number of hydrogen-bond acceptors (Lipinski definition) is 3. The van der Waals surface area contributed by atoms with Gasteiger partial charge in [0.25, 0.3) is 0 Å². The van der Waals surface area contributed by atoms with Crippen molar-refractivity contribution in [1.82, 2.24) is 0 Å². The fourth-order valence-corrected chi connectivity index (χ4v) is 2.49. The standard InChI is InChI=1S/C14H17NO3/c1-2-10-5-6-12(11(8-10)9-16)15-7-3-4-13(15)14(17)18/h5-6,8-9,13H,2-4,7H2,1H3,(H,17,18)/t13-/m0/s1. The summed E-state index contributed by atoms with van der Waals surface area (Å²) in [5.41, 5.74) is 2.42. The van der Waals surface area contributed by atoms with E-state index >= 15 is 0 Å². The fourth-order valence-electron chi connectivity index (χ4n) is 2.49. The number of aldehydes is 1. The van der Waals surface area contributed by atoms with Crippen LogP contribution in [0.1, 0.15) is 35.7 Å². The Labute approximate surface area is 106 Å². The highest BCUT2D eigenvalue weighted by molar-refractivity contribution is 5.88. The number of carbonyl (C=O) groups excluding carboxylic acids is 1. The first kappa shape index (κ1) is 12.6. The van der Waals surface area contributed by atoms with Crippen molar-refractivity contribution in [2.75, 3.05) is 11.4 Å². The fraction of sp³-hybridized carbons (Fsp3) is 0.429. The summed E-state index contributed by atoms with van der Waals surface area (Å²) in [6.45, 7) is 2.72. The average molecular weight is 247 g/mol. The second-order valence-electron chi connectivity index (χ2n) is 4.55. The van der Waals surface area contributed by atoms with Crippen molar-refractivity contribution in [1.29, 1.82) is 0 Å². The largest absolute Gasteiger partial charge is 0.480 e. The third-order valence-corrected chi connectivity index (χ3v) is 3.47. The molecule has 18 heavy (non-hydrogen) atoms. The molecule has 1 heterocycles. The minimum Gasteiger partial charge on any atom is -0.480 e. The van der Waals surface area contributed by atoms with Gasteiger partial charge in [-0.3, -0.25) is 4.79 Å². The number of anilines is 1. The number of aryl methyl sites for hydroxylation is 1. The maximum atomic E-state index is 11.2. The quantitative estimate of drug-likeness (QED) is 0.828. The summed E-state index contributed by atoms with van der Waals surface area (Å²) in [7, 11) is 0. The van der Waals surface area contributed by atoms with Gasteiger partial charge in [0.1, 0.15) is 6.04 Å². The lowest BCUT2D eigenvalue weighted by Gasteiger charge is -2.25. The van der Waals surface area contributed by atoms with E-state index in [-0.39, 0.29) is 0 Å². The van der Waals surface area contributed by atoms with Gasteiger partial charge in [-0.05, 0) is 37.0 Å². The molecule has 1 fully saturated rings. The zero-order valence-corrected chi connectivity index (χ0v) is 10.4. The highest BCUT2D eigenvalue weighted by atomic mass is 16.4. The van der Waals surface area contributed by atoms with Gasteiger partial charge in [0.15, 0.2) is 6.29 Å². The molecule has 0 spiro atoms. The van der Waals surface area contributed by atoms with Gasteiger partial charge in [-0.1, -0.05) is 13.0 Å². The monoisotopic (exact) mass is 247 g/mol. The molecule has 0 unspecified atom stereocenters. The van der Waals surface area contributed by atoms with Gasteiger partial charge in [0.2, 0.25) is 0 Å². The van der Waals surface area contributed by atoms with Crippen LogP contribution in [0.2, 0.25) is 0 Å². The van der Waals surface area contributed by atoms with Gasteiger partial charge >= 0.3 is 5.97 Å². The van der Waals surface area contributed by atoms with Gasteiger partial charge < -0.3 is 10.0 Å². The van der Waals surface area contributed by atoms with Crippen molar-refractivity contribution in [3.05, 3.63) is 29.3 Å². The molecule has 96 valence electrons. The van der Waals surface area contributed by atoms with E-state index in [4.69, 9.17) is 0 Å². The molecule has 1 N–H and O–H groups in total. The third kappa shape index (κ3) is 2.23. The first-order chi connectivity index (χ1) is 8.67. The Balaban J connectivity index is 2.38. The van der Waals surface area contributed by atoms with Gasteiger partial charge in [-0.15, -0.1) is 0 Å². The summed E-state index contributed by atoms with van der Waals surface area (Å²) in [6.07, 6.45) is 3.17. The molecule has 1 aliphatic heterocycles. The van der Waals surface area contributed by atoms with Crippen LogP contribution in [0.5, 0.6) is 0 Å². The van der Waals surface area contributed by atoms with Gasteiger partial charge in [-0.25, -0.2) is 4.79 Å². The van der Waals surface area contributed by atoms with Crippen LogP contribution in [0.4, 0.5) is 5.69 Å². The summed E-state index contributed by atoms with van der Waals surface area (Å²) in [5.74, 6) is -0.816. The zero-order chi connectivity index (χ0) is 13.1. The number of aliphatic carboxylic acids is 1. The Morgan fingerprint density at radius 1 is 1.56 bits per heavy atom. The molecule has 0 aliphatic carbocycles. The second-order valence-corrected chi connectivity index (χ2v) is 4.55. The molecule has 1 aromatic carbocycles. The molecule has 1 saturated heterocycles. The minimum absolute atomic E-state index is 0.504. The van der Waals surface area contributed by atoms with E-state index in [1.165, 1.54) is 0 Å². The van der Waals surface area contributed by atoms with E-state index in [2.05, 4.69) is 0 Å². The maximum absolute atomic E-state index is 11.2. The summed E-state index contributed by atoms with van der Waals surface area (Å²) in [5, 5.41) is 9.18. The number of nitrogens with zero attached hydrogens (tertiary/aromatic N) is 1. The SMILES string of the molecule is CCc1ccc(N2CCC[C@H]2C(=O)O)c(C=O)c1. The van der Waals surface area contributed by atoms with Gasteiger partial charge in [-0.2, -0.15) is 0 Å². The predicted molar refractivity (Wildman–Crippen MR) is 69.2 cm³/mol. The molecular weight excluding hydrogens is 230 g/mol. The molecule has 1 aromatic rings. The van der Waals surface area contributed by atoms with E-state index in [0.717, 1.165) is 30.4 Å². The van der Waals surface area contributed by atoms with E-state index in [1.807, 2.05) is 30.0 Å². The molecule has 4 heteroatoms. The Morgan fingerprint density at radius 2 is 2.33 bits per heavy atom. The lowest BCUT2D eigenvalue weighted by Crippen LogP contribution is -2.36. The highest BCUT2D eigenvalue weighted by Crippen LogP contribution is 2.29. The lowest BCUT2D eigenvalue weighted by atomic mass is 10.1. The first-order valence-corrected chi connectivity index (χ1v) is 6.25. The van der Waals surface area contributed by atoms with E-state index < -0.39 is 12.0 Å². The zero-order valence-electron chi connectivity index (χ0n) is 10.4. The van der Waals surface area contributed by atoms with E-state index in [0.29, 0.717) is 18.5 Å². The summed E-state index contributed by atoms with van der Waals surface area (Å²) in [4.78, 5) is 24.2. The lowest BCUT2D eigenvalue weighted by molar-refractivity contribution is -0.138. The van der Waals surface area contributed by atoms with Crippen molar-refractivity contribution in [2.24, 2.45) is 0 Å². The summed E-state index contributed by atoms with van der Waals surface area (Å²) in [6, 6.07) is 5.17. The molecule has 0 radical (unpaired) electrons. The Bertz CT molecular complexity index is 470. The molecule has 1 atom stereocenters.